The molecule has 1 aromatic carbocycles. The van der Waals surface area contributed by atoms with Crippen molar-refractivity contribution in [3.05, 3.63) is 49.2 Å². The minimum atomic E-state index is -3.63. The molecule has 0 spiro atoms. The van der Waals surface area contributed by atoms with Gasteiger partial charge in [0.05, 0.1) is 12.5 Å². The maximum absolute atomic E-state index is 12.0. The van der Waals surface area contributed by atoms with E-state index >= 15 is 0 Å². The maximum atomic E-state index is 12.0. The number of sulfonamides is 1. The van der Waals surface area contributed by atoms with Crippen molar-refractivity contribution in [1.29, 1.82) is 0 Å². The number of nitrogens with zero attached hydrogens (tertiary/aromatic N) is 2. The Morgan fingerprint density at radius 1 is 1.10 bits per heavy atom. The summed E-state index contributed by atoms with van der Waals surface area (Å²) in [6.45, 7) is 0. The Morgan fingerprint density at radius 2 is 1.90 bits per heavy atom. The largest absolute Gasteiger partial charge is 0.345 e. The molecule has 0 aliphatic rings. The lowest BCUT2D eigenvalue weighted by Crippen LogP contribution is -2.13. The Morgan fingerprint density at radius 3 is 2.50 bits per heavy atom. The summed E-state index contributed by atoms with van der Waals surface area (Å²) < 4.78 is 26.4. The highest BCUT2D eigenvalue weighted by atomic mass is 32.2. The van der Waals surface area contributed by atoms with Crippen LogP contribution in [0.4, 0.5) is 5.69 Å². The lowest BCUT2D eigenvalue weighted by atomic mass is 10.2. The van der Waals surface area contributed by atoms with Gasteiger partial charge in [0.1, 0.15) is 5.82 Å². The van der Waals surface area contributed by atoms with Crippen LogP contribution in [0.1, 0.15) is 0 Å². The van der Waals surface area contributed by atoms with E-state index in [1.807, 2.05) is 0 Å². The van der Waals surface area contributed by atoms with Gasteiger partial charge in [0, 0.05) is 23.6 Å². The number of hydrogen-bond donors (Lipinski definition) is 3. The van der Waals surface area contributed by atoms with Gasteiger partial charge in [0.25, 0.3) is 10.0 Å². The van der Waals surface area contributed by atoms with Crippen LogP contribution in [-0.4, -0.2) is 28.4 Å². The summed E-state index contributed by atoms with van der Waals surface area (Å²) in [7, 11) is -3.63. The Bertz CT molecular complexity index is 777. The molecule has 102 valence electrons. The van der Waals surface area contributed by atoms with Crippen LogP contribution in [0.5, 0.6) is 0 Å². The average Bonchev–Trinajstić information content (AvgIpc) is 3.13. The van der Waals surface area contributed by atoms with Crippen LogP contribution in [0, 0.1) is 0 Å². The topological polar surface area (TPSA) is 104 Å². The quantitative estimate of drug-likeness (QED) is 0.678. The van der Waals surface area contributed by atoms with Crippen molar-refractivity contribution in [2.45, 2.75) is 5.03 Å². The monoisotopic (exact) mass is 289 g/mol. The molecule has 3 rings (SSSR count). The molecular weight excluding hydrogens is 278 g/mol. The number of benzene rings is 1. The maximum Gasteiger partial charge on any atom is 0.278 e. The Balaban J connectivity index is 1.83. The zero-order chi connectivity index (χ0) is 14.0. The second kappa shape index (κ2) is 4.82. The number of aromatic amines is 2. The Hall–Kier alpha value is -2.61. The molecule has 0 amide bonds. The number of hydrogen-bond acceptors (Lipinski definition) is 4. The molecule has 2 heterocycles. The summed E-state index contributed by atoms with van der Waals surface area (Å²) in [4.78, 5) is 13.4. The fourth-order valence-corrected chi connectivity index (χ4v) is 2.68. The minimum absolute atomic E-state index is 0.0209. The number of H-pyrrole nitrogens is 2. The SMILES string of the molecule is O=S(=O)(Nc1ccc(-c2ncc[nH]2)cc1)c1cnc[nH]1. The van der Waals surface area contributed by atoms with Gasteiger partial charge in [0.15, 0.2) is 5.03 Å². The molecule has 3 N–H and O–H groups in total. The molecule has 7 nitrogen and oxygen atoms in total. The highest BCUT2D eigenvalue weighted by Gasteiger charge is 2.15. The van der Waals surface area contributed by atoms with Crippen molar-refractivity contribution >= 4 is 15.7 Å². The molecule has 0 saturated carbocycles. The summed E-state index contributed by atoms with van der Waals surface area (Å²) in [5.41, 5.74) is 1.34. The van der Waals surface area contributed by atoms with Gasteiger partial charge < -0.3 is 9.97 Å². The number of rotatable bonds is 4. The van der Waals surface area contributed by atoms with Gasteiger partial charge in [-0.25, -0.2) is 9.97 Å². The summed E-state index contributed by atoms with van der Waals surface area (Å²) in [6, 6.07) is 6.91. The first kappa shape index (κ1) is 12.4. The third-order valence-electron chi connectivity index (χ3n) is 2.67. The summed E-state index contributed by atoms with van der Waals surface area (Å²) in [5, 5.41) is 0.0209. The highest BCUT2D eigenvalue weighted by Crippen LogP contribution is 2.19. The van der Waals surface area contributed by atoms with Gasteiger partial charge >= 0.3 is 0 Å². The fraction of sp³-hybridized carbons (Fsp3) is 0. The first-order chi connectivity index (χ1) is 9.65. The third-order valence-corrected chi connectivity index (χ3v) is 3.98. The lowest BCUT2D eigenvalue weighted by molar-refractivity contribution is 0.598. The van der Waals surface area contributed by atoms with Gasteiger partial charge in [-0.15, -0.1) is 0 Å². The molecule has 3 aromatic rings. The first-order valence-corrected chi connectivity index (χ1v) is 7.24. The van der Waals surface area contributed by atoms with Gasteiger partial charge in [-0.2, -0.15) is 8.42 Å². The zero-order valence-corrected chi connectivity index (χ0v) is 11.1. The predicted molar refractivity (Wildman–Crippen MR) is 73.4 cm³/mol. The van der Waals surface area contributed by atoms with E-state index < -0.39 is 10.0 Å². The zero-order valence-electron chi connectivity index (χ0n) is 10.2. The smallest absolute Gasteiger partial charge is 0.278 e. The summed E-state index contributed by atoms with van der Waals surface area (Å²) >= 11 is 0. The number of nitrogens with one attached hydrogen (secondary N) is 3. The first-order valence-electron chi connectivity index (χ1n) is 5.76. The molecule has 0 aliphatic carbocycles. The van der Waals surface area contributed by atoms with E-state index in [2.05, 4.69) is 24.7 Å². The third kappa shape index (κ3) is 2.41. The molecule has 2 aromatic heterocycles. The van der Waals surface area contributed by atoms with Crippen LogP contribution in [-0.2, 0) is 10.0 Å². The predicted octanol–water partition coefficient (Wildman–Crippen LogP) is 1.60. The highest BCUT2D eigenvalue weighted by molar-refractivity contribution is 7.92. The van der Waals surface area contributed by atoms with E-state index in [9.17, 15) is 8.42 Å². The summed E-state index contributed by atoms with van der Waals surface area (Å²) in [6.07, 6.45) is 5.95. The fourth-order valence-electron chi connectivity index (χ4n) is 1.72. The van der Waals surface area contributed by atoms with Crippen LogP contribution in [0.3, 0.4) is 0 Å². The molecular formula is C12H11N5O2S. The average molecular weight is 289 g/mol. The van der Waals surface area contributed by atoms with Crippen molar-refractivity contribution in [2.24, 2.45) is 0 Å². The molecule has 0 fully saturated rings. The second-order valence-electron chi connectivity index (χ2n) is 4.04. The molecule has 8 heteroatoms. The number of anilines is 1. The molecule has 20 heavy (non-hydrogen) atoms. The van der Waals surface area contributed by atoms with Crippen LogP contribution in [0.15, 0.2) is 54.2 Å². The van der Waals surface area contributed by atoms with E-state index in [-0.39, 0.29) is 5.03 Å². The molecule has 0 unspecified atom stereocenters. The normalized spacial score (nSPS) is 11.4. The van der Waals surface area contributed by atoms with Crippen LogP contribution in [0.2, 0.25) is 0 Å². The molecule has 0 atom stereocenters. The van der Waals surface area contributed by atoms with Crippen molar-refractivity contribution in [3.8, 4) is 11.4 Å². The molecule has 0 aliphatic heterocycles. The van der Waals surface area contributed by atoms with E-state index in [1.165, 1.54) is 12.5 Å². The van der Waals surface area contributed by atoms with Gasteiger partial charge in [-0.3, -0.25) is 4.72 Å². The van der Waals surface area contributed by atoms with E-state index in [0.717, 1.165) is 11.4 Å². The standard InChI is InChI=1S/C12H11N5O2S/c18-20(19,11-7-13-8-16-11)17-10-3-1-9(2-4-10)12-14-5-6-15-12/h1-8,17H,(H,13,16)(H,14,15). The van der Waals surface area contributed by atoms with Crippen molar-refractivity contribution in [3.63, 3.8) is 0 Å². The van der Waals surface area contributed by atoms with E-state index in [0.29, 0.717) is 5.69 Å². The van der Waals surface area contributed by atoms with E-state index in [4.69, 9.17) is 0 Å². The van der Waals surface area contributed by atoms with E-state index in [1.54, 1.807) is 36.7 Å². The van der Waals surface area contributed by atoms with Gasteiger partial charge in [-0.1, -0.05) is 0 Å². The van der Waals surface area contributed by atoms with Crippen LogP contribution in [0.25, 0.3) is 11.4 Å². The van der Waals surface area contributed by atoms with Crippen LogP contribution >= 0.6 is 0 Å². The molecule has 0 saturated heterocycles. The lowest BCUT2D eigenvalue weighted by Gasteiger charge is -2.06. The summed E-state index contributed by atoms with van der Waals surface area (Å²) in [5.74, 6) is 0.730. The Kier molecular flexibility index (Phi) is 2.99. The second-order valence-corrected chi connectivity index (χ2v) is 5.69. The number of aromatic nitrogens is 4. The number of imidazole rings is 2. The van der Waals surface area contributed by atoms with Crippen molar-refractivity contribution in [2.75, 3.05) is 4.72 Å². The van der Waals surface area contributed by atoms with Crippen molar-refractivity contribution in [1.82, 2.24) is 19.9 Å². The van der Waals surface area contributed by atoms with Crippen molar-refractivity contribution < 1.29 is 8.42 Å². The van der Waals surface area contributed by atoms with Gasteiger partial charge in [-0.05, 0) is 24.3 Å². The molecule has 0 radical (unpaired) electrons. The molecule has 0 bridgehead atoms. The minimum Gasteiger partial charge on any atom is -0.345 e. The van der Waals surface area contributed by atoms with Crippen LogP contribution < -0.4 is 4.72 Å². The Labute approximate surface area is 115 Å². The van der Waals surface area contributed by atoms with Gasteiger partial charge in [0.2, 0.25) is 0 Å².